The molecule has 2 fully saturated rings. The summed E-state index contributed by atoms with van der Waals surface area (Å²) in [7, 11) is 0. The Morgan fingerprint density at radius 2 is 2.14 bits per heavy atom. The summed E-state index contributed by atoms with van der Waals surface area (Å²) < 4.78 is 5.59. The Kier molecular flexibility index (Phi) is 4.26. The Morgan fingerprint density at radius 3 is 2.81 bits per heavy atom. The summed E-state index contributed by atoms with van der Waals surface area (Å²) in [6, 6.07) is 0.450. The van der Waals surface area contributed by atoms with Crippen molar-refractivity contribution in [2.45, 2.75) is 45.2 Å². The summed E-state index contributed by atoms with van der Waals surface area (Å²) in [4.78, 5) is 14.8. The Morgan fingerprint density at radius 1 is 1.38 bits per heavy atom. The fourth-order valence-corrected chi connectivity index (χ4v) is 3.37. The Bertz CT molecular complexity index is 488. The van der Waals surface area contributed by atoms with Crippen LogP contribution in [-0.4, -0.2) is 59.4 Å². The molecule has 3 heterocycles. The maximum Gasteiger partial charge on any atom is 0.224 e. The van der Waals surface area contributed by atoms with Crippen LogP contribution in [0.4, 0.5) is 0 Å². The van der Waals surface area contributed by atoms with E-state index in [4.69, 9.17) is 4.74 Å². The van der Waals surface area contributed by atoms with E-state index in [0.29, 0.717) is 19.1 Å². The molecule has 0 saturated carbocycles. The van der Waals surface area contributed by atoms with Gasteiger partial charge in [0, 0.05) is 11.3 Å². The zero-order chi connectivity index (χ0) is 14.8. The summed E-state index contributed by atoms with van der Waals surface area (Å²) in [5, 5.41) is 10.2. The lowest BCUT2D eigenvalue weighted by atomic mass is 10.1. The first-order chi connectivity index (χ1) is 10.1. The van der Waals surface area contributed by atoms with Crippen LogP contribution in [0.3, 0.4) is 0 Å². The summed E-state index contributed by atoms with van der Waals surface area (Å²) in [5.74, 6) is 0.0577. The molecule has 2 aliphatic heterocycles. The predicted molar refractivity (Wildman–Crippen MR) is 79.1 cm³/mol. The molecule has 116 valence electrons. The highest BCUT2D eigenvalue weighted by Gasteiger charge is 2.35. The standard InChI is InChI=1S/C15H24N4O2/c1-10-12(11(2)18-17-10)7-15(20)16-13-8-21-9-14(13)19-5-3-4-6-19/h13-14H,3-9H2,1-2H3,(H,16,20)(H,17,18)/t13-,14-/m1/s1. The van der Waals surface area contributed by atoms with Crippen LogP contribution in [-0.2, 0) is 16.0 Å². The Hall–Kier alpha value is -1.40. The second kappa shape index (κ2) is 6.15. The predicted octanol–water partition coefficient (Wildman–Crippen LogP) is 0.548. The van der Waals surface area contributed by atoms with Crippen molar-refractivity contribution >= 4 is 5.91 Å². The molecule has 1 aromatic rings. The van der Waals surface area contributed by atoms with Gasteiger partial charge in [0.25, 0.3) is 0 Å². The number of aryl methyl sites for hydroxylation is 2. The lowest BCUT2D eigenvalue weighted by Gasteiger charge is -2.27. The van der Waals surface area contributed by atoms with E-state index < -0.39 is 0 Å². The molecule has 0 unspecified atom stereocenters. The molecule has 6 heteroatoms. The van der Waals surface area contributed by atoms with E-state index in [9.17, 15) is 4.79 Å². The molecule has 2 atom stereocenters. The third-order valence-electron chi connectivity index (χ3n) is 4.62. The lowest BCUT2D eigenvalue weighted by Crippen LogP contribution is -2.50. The molecule has 0 spiro atoms. The van der Waals surface area contributed by atoms with Crippen molar-refractivity contribution in [3.05, 3.63) is 17.0 Å². The van der Waals surface area contributed by atoms with E-state index in [-0.39, 0.29) is 11.9 Å². The first-order valence-electron chi connectivity index (χ1n) is 7.76. The van der Waals surface area contributed by atoms with Crippen molar-refractivity contribution in [1.82, 2.24) is 20.4 Å². The van der Waals surface area contributed by atoms with Gasteiger partial charge < -0.3 is 10.1 Å². The molecule has 6 nitrogen and oxygen atoms in total. The smallest absolute Gasteiger partial charge is 0.224 e. The van der Waals surface area contributed by atoms with Gasteiger partial charge >= 0.3 is 0 Å². The number of rotatable bonds is 4. The van der Waals surface area contributed by atoms with Crippen LogP contribution in [0.2, 0.25) is 0 Å². The number of hydrogen-bond acceptors (Lipinski definition) is 4. The SMILES string of the molecule is Cc1n[nH]c(C)c1CC(=O)N[C@@H]1COC[C@H]1N1CCCC1. The fraction of sp³-hybridized carbons (Fsp3) is 0.733. The molecule has 2 saturated heterocycles. The Balaban J connectivity index is 1.59. The number of nitrogens with zero attached hydrogens (tertiary/aromatic N) is 2. The van der Waals surface area contributed by atoms with Crippen molar-refractivity contribution in [1.29, 1.82) is 0 Å². The summed E-state index contributed by atoms with van der Waals surface area (Å²) in [6.45, 7) is 7.48. The minimum absolute atomic E-state index is 0.0577. The number of hydrogen-bond donors (Lipinski definition) is 2. The van der Waals surface area contributed by atoms with E-state index >= 15 is 0 Å². The molecule has 0 aromatic carbocycles. The molecule has 1 aromatic heterocycles. The number of ether oxygens (including phenoxy) is 1. The minimum atomic E-state index is 0.0577. The molecule has 21 heavy (non-hydrogen) atoms. The number of carbonyl (C=O) groups is 1. The maximum absolute atomic E-state index is 12.3. The molecule has 2 N–H and O–H groups in total. The van der Waals surface area contributed by atoms with Gasteiger partial charge in [-0.1, -0.05) is 0 Å². The molecule has 0 radical (unpaired) electrons. The lowest BCUT2D eigenvalue weighted by molar-refractivity contribution is -0.121. The summed E-state index contributed by atoms with van der Waals surface area (Å²) in [6.07, 6.45) is 2.90. The molecule has 0 aliphatic carbocycles. The van der Waals surface area contributed by atoms with Gasteiger partial charge in [0.1, 0.15) is 0 Å². The summed E-state index contributed by atoms with van der Waals surface area (Å²) in [5.41, 5.74) is 2.88. The highest BCUT2D eigenvalue weighted by atomic mass is 16.5. The van der Waals surface area contributed by atoms with Gasteiger partial charge in [0.05, 0.1) is 37.4 Å². The second-order valence-electron chi connectivity index (χ2n) is 6.11. The van der Waals surface area contributed by atoms with Crippen LogP contribution >= 0.6 is 0 Å². The van der Waals surface area contributed by atoms with E-state index in [2.05, 4.69) is 20.4 Å². The number of aromatic nitrogens is 2. The fourth-order valence-electron chi connectivity index (χ4n) is 3.37. The highest BCUT2D eigenvalue weighted by molar-refractivity contribution is 5.79. The number of nitrogens with one attached hydrogen (secondary N) is 2. The molecule has 3 rings (SSSR count). The zero-order valence-corrected chi connectivity index (χ0v) is 12.8. The Labute approximate surface area is 125 Å². The van der Waals surface area contributed by atoms with Gasteiger partial charge in [0.2, 0.25) is 5.91 Å². The third-order valence-corrected chi connectivity index (χ3v) is 4.62. The summed E-state index contributed by atoms with van der Waals surface area (Å²) >= 11 is 0. The van der Waals surface area contributed by atoms with Crippen LogP contribution in [0, 0.1) is 13.8 Å². The second-order valence-corrected chi connectivity index (χ2v) is 6.11. The van der Waals surface area contributed by atoms with Crippen LogP contribution in [0.1, 0.15) is 29.8 Å². The van der Waals surface area contributed by atoms with E-state index in [1.54, 1.807) is 0 Å². The van der Waals surface area contributed by atoms with Crippen LogP contribution in [0.25, 0.3) is 0 Å². The topological polar surface area (TPSA) is 70.2 Å². The van der Waals surface area contributed by atoms with Crippen molar-refractivity contribution in [2.24, 2.45) is 0 Å². The van der Waals surface area contributed by atoms with Crippen molar-refractivity contribution in [2.75, 3.05) is 26.3 Å². The molecule has 0 bridgehead atoms. The largest absolute Gasteiger partial charge is 0.378 e. The van der Waals surface area contributed by atoms with Crippen molar-refractivity contribution < 1.29 is 9.53 Å². The van der Waals surface area contributed by atoms with Gasteiger partial charge in [-0.3, -0.25) is 14.8 Å². The van der Waals surface area contributed by atoms with E-state index in [1.807, 2.05) is 13.8 Å². The molecular weight excluding hydrogens is 268 g/mol. The van der Waals surface area contributed by atoms with Crippen molar-refractivity contribution in [3.63, 3.8) is 0 Å². The number of carbonyl (C=O) groups excluding carboxylic acids is 1. The van der Waals surface area contributed by atoms with Gasteiger partial charge in [-0.05, 0) is 39.8 Å². The molecule has 2 aliphatic rings. The van der Waals surface area contributed by atoms with Gasteiger partial charge in [-0.25, -0.2) is 0 Å². The molecule has 1 amide bonds. The first kappa shape index (κ1) is 14.5. The third kappa shape index (κ3) is 3.11. The van der Waals surface area contributed by atoms with Crippen LogP contribution in [0.15, 0.2) is 0 Å². The molecular formula is C15H24N4O2. The maximum atomic E-state index is 12.3. The zero-order valence-electron chi connectivity index (χ0n) is 12.8. The number of likely N-dealkylation sites (tertiary alicyclic amines) is 1. The van der Waals surface area contributed by atoms with Crippen LogP contribution < -0.4 is 5.32 Å². The van der Waals surface area contributed by atoms with E-state index in [1.165, 1.54) is 12.8 Å². The van der Waals surface area contributed by atoms with Crippen LogP contribution in [0.5, 0.6) is 0 Å². The van der Waals surface area contributed by atoms with Gasteiger partial charge in [-0.15, -0.1) is 0 Å². The highest BCUT2D eigenvalue weighted by Crippen LogP contribution is 2.19. The van der Waals surface area contributed by atoms with E-state index in [0.717, 1.165) is 36.6 Å². The number of aromatic amines is 1. The van der Waals surface area contributed by atoms with Gasteiger partial charge in [0.15, 0.2) is 0 Å². The first-order valence-corrected chi connectivity index (χ1v) is 7.76. The average Bonchev–Trinajstić information content (AvgIpc) is 3.16. The van der Waals surface area contributed by atoms with Crippen molar-refractivity contribution in [3.8, 4) is 0 Å². The monoisotopic (exact) mass is 292 g/mol. The quantitative estimate of drug-likeness (QED) is 0.850. The average molecular weight is 292 g/mol. The normalized spacial score (nSPS) is 26.4. The number of amides is 1. The minimum Gasteiger partial charge on any atom is -0.378 e. The van der Waals surface area contributed by atoms with Gasteiger partial charge in [-0.2, -0.15) is 5.10 Å². The number of H-pyrrole nitrogens is 1.